The third-order valence-electron chi connectivity index (χ3n) is 6.36. The number of morpholine rings is 1. The van der Waals surface area contributed by atoms with Crippen LogP contribution in [0.25, 0.3) is 22.3 Å². The molecule has 192 valence electrons. The highest BCUT2D eigenvalue weighted by atomic mass is 16.5. The fourth-order valence-corrected chi connectivity index (χ4v) is 4.25. The smallest absolute Gasteiger partial charge is 0.251 e. The van der Waals surface area contributed by atoms with E-state index in [1.165, 1.54) is 0 Å². The van der Waals surface area contributed by atoms with Crippen LogP contribution in [0.5, 0.6) is 0 Å². The summed E-state index contributed by atoms with van der Waals surface area (Å²) in [5, 5.41) is 6.03. The number of nitrogens with one attached hydrogen (secondary N) is 2. The normalized spacial score (nSPS) is 13.8. The van der Waals surface area contributed by atoms with Crippen molar-refractivity contribution in [3.8, 4) is 11.3 Å². The van der Waals surface area contributed by atoms with Gasteiger partial charge in [-0.05, 0) is 50.5 Å². The molecular formula is C27H32N8O2. The Bertz CT molecular complexity index is 1380. The summed E-state index contributed by atoms with van der Waals surface area (Å²) in [4.78, 5) is 30.5. The minimum absolute atomic E-state index is 0.120. The number of carbonyl (C=O) groups is 1. The lowest BCUT2D eigenvalue weighted by atomic mass is 10.1. The van der Waals surface area contributed by atoms with Crippen LogP contribution >= 0.6 is 0 Å². The molecule has 2 aromatic heterocycles. The zero-order chi connectivity index (χ0) is 25.8. The van der Waals surface area contributed by atoms with Crippen LogP contribution in [0.2, 0.25) is 0 Å². The molecule has 5 rings (SSSR count). The first-order chi connectivity index (χ1) is 18.0. The highest BCUT2D eigenvalue weighted by Gasteiger charge is 2.17. The predicted molar refractivity (Wildman–Crippen MR) is 145 cm³/mol. The van der Waals surface area contributed by atoms with Crippen molar-refractivity contribution in [2.45, 2.75) is 6.54 Å². The van der Waals surface area contributed by atoms with E-state index in [-0.39, 0.29) is 5.91 Å². The van der Waals surface area contributed by atoms with Crippen LogP contribution in [0.1, 0.15) is 10.4 Å². The highest BCUT2D eigenvalue weighted by molar-refractivity contribution is 5.94. The second-order valence-electron chi connectivity index (χ2n) is 9.26. The Labute approximate surface area is 216 Å². The van der Waals surface area contributed by atoms with Gasteiger partial charge in [0, 0.05) is 56.1 Å². The number of anilines is 3. The quantitative estimate of drug-likeness (QED) is 0.381. The lowest BCUT2D eigenvalue weighted by Crippen LogP contribution is -2.37. The Morgan fingerprint density at radius 1 is 1.05 bits per heavy atom. The molecular weight excluding hydrogens is 468 g/mol. The molecule has 1 aliphatic rings. The number of nitrogens with zero attached hydrogens (tertiary/aromatic N) is 6. The second-order valence-corrected chi connectivity index (χ2v) is 9.26. The van der Waals surface area contributed by atoms with Gasteiger partial charge < -0.3 is 29.7 Å². The van der Waals surface area contributed by atoms with Gasteiger partial charge in [0.05, 0.1) is 36.3 Å². The average Bonchev–Trinajstić information content (AvgIpc) is 3.34. The summed E-state index contributed by atoms with van der Waals surface area (Å²) < 4.78 is 7.71. The van der Waals surface area contributed by atoms with E-state index in [1.54, 1.807) is 19.2 Å². The van der Waals surface area contributed by atoms with Crippen LogP contribution in [0.3, 0.4) is 0 Å². The Balaban J connectivity index is 1.50. The molecule has 0 aliphatic carbocycles. The molecule has 3 heterocycles. The van der Waals surface area contributed by atoms with Crippen LogP contribution in [-0.2, 0) is 11.3 Å². The van der Waals surface area contributed by atoms with Crippen LogP contribution < -0.4 is 15.5 Å². The standard InChI is InChI=1S/C27H32N8O2/c1-28-26(36)19-4-7-21(8-5-19)30-25-17-23(31-27(32-25)34-12-14-37-15-13-34)20-6-9-22-24(16-20)35(18-29-22)11-10-33(2)3/h4-9,16-18H,10-15H2,1-3H3,(H,28,36)(H,30,31,32). The van der Waals surface area contributed by atoms with E-state index in [4.69, 9.17) is 14.7 Å². The Morgan fingerprint density at radius 2 is 1.84 bits per heavy atom. The maximum atomic E-state index is 11.9. The molecule has 10 heteroatoms. The second kappa shape index (κ2) is 10.9. The third kappa shape index (κ3) is 5.71. The Morgan fingerprint density at radius 3 is 2.57 bits per heavy atom. The molecule has 1 fully saturated rings. The maximum Gasteiger partial charge on any atom is 0.251 e. The molecule has 0 bridgehead atoms. The first-order valence-corrected chi connectivity index (χ1v) is 12.4. The number of fused-ring (bicyclic) bond motifs is 1. The van der Waals surface area contributed by atoms with Gasteiger partial charge >= 0.3 is 0 Å². The third-order valence-corrected chi connectivity index (χ3v) is 6.36. The summed E-state index contributed by atoms with van der Waals surface area (Å²) in [5.41, 5.74) is 5.29. The largest absolute Gasteiger partial charge is 0.378 e. The van der Waals surface area contributed by atoms with E-state index in [0.717, 1.165) is 54.2 Å². The van der Waals surface area contributed by atoms with Crippen molar-refractivity contribution < 1.29 is 9.53 Å². The van der Waals surface area contributed by atoms with Gasteiger partial charge in [-0.15, -0.1) is 0 Å². The average molecular weight is 501 g/mol. The van der Waals surface area contributed by atoms with Gasteiger partial charge in [-0.2, -0.15) is 4.98 Å². The topological polar surface area (TPSA) is 100 Å². The van der Waals surface area contributed by atoms with Crippen molar-refractivity contribution in [1.29, 1.82) is 0 Å². The molecule has 4 aromatic rings. The van der Waals surface area contributed by atoms with Crippen LogP contribution in [0.4, 0.5) is 17.5 Å². The van der Waals surface area contributed by atoms with Gasteiger partial charge in [0.25, 0.3) is 5.91 Å². The summed E-state index contributed by atoms with van der Waals surface area (Å²) in [7, 11) is 5.76. The fourth-order valence-electron chi connectivity index (χ4n) is 4.25. The first-order valence-electron chi connectivity index (χ1n) is 12.4. The highest BCUT2D eigenvalue weighted by Crippen LogP contribution is 2.28. The number of ether oxygens (including phenoxy) is 1. The minimum Gasteiger partial charge on any atom is -0.378 e. The summed E-state index contributed by atoms with van der Waals surface area (Å²) in [5.74, 6) is 1.22. The molecule has 1 aliphatic heterocycles. The maximum absolute atomic E-state index is 11.9. The van der Waals surface area contributed by atoms with Gasteiger partial charge in [-0.3, -0.25) is 4.79 Å². The number of aromatic nitrogens is 4. The van der Waals surface area contributed by atoms with E-state index in [2.05, 4.69) is 56.2 Å². The molecule has 0 unspecified atom stereocenters. The Hall–Kier alpha value is -4.02. The number of rotatable bonds is 8. The molecule has 0 spiro atoms. The molecule has 37 heavy (non-hydrogen) atoms. The lowest BCUT2D eigenvalue weighted by Gasteiger charge is -2.27. The number of carbonyl (C=O) groups excluding carboxylic acids is 1. The number of hydrogen-bond acceptors (Lipinski definition) is 8. The van der Waals surface area contributed by atoms with Gasteiger partial charge in [-0.25, -0.2) is 9.97 Å². The number of likely N-dealkylation sites (N-methyl/N-ethyl adjacent to an activating group) is 1. The molecule has 10 nitrogen and oxygen atoms in total. The van der Waals surface area contributed by atoms with Crippen molar-refractivity contribution >= 4 is 34.4 Å². The number of imidazole rings is 1. The summed E-state index contributed by atoms with van der Waals surface area (Å²) in [6.45, 7) is 4.55. The van der Waals surface area contributed by atoms with Crippen molar-refractivity contribution in [2.24, 2.45) is 0 Å². The van der Waals surface area contributed by atoms with Gasteiger partial charge in [-0.1, -0.05) is 6.07 Å². The number of hydrogen-bond donors (Lipinski definition) is 2. The zero-order valence-corrected chi connectivity index (χ0v) is 21.4. The molecule has 0 atom stereocenters. The van der Waals surface area contributed by atoms with Crippen molar-refractivity contribution in [2.75, 3.05) is 64.2 Å². The van der Waals surface area contributed by atoms with Crippen LogP contribution in [-0.4, -0.2) is 84.3 Å². The summed E-state index contributed by atoms with van der Waals surface area (Å²) in [6.07, 6.45) is 1.90. The molecule has 0 saturated carbocycles. The van der Waals surface area contributed by atoms with Crippen molar-refractivity contribution in [1.82, 2.24) is 29.7 Å². The number of benzene rings is 2. The molecule has 2 N–H and O–H groups in total. The lowest BCUT2D eigenvalue weighted by molar-refractivity contribution is 0.0963. The van der Waals surface area contributed by atoms with Crippen LogP contribution in [0, 0.1) is 0 Å². The SMILES string of the molecule is CNC(=O)c1ccc(Nc2cc(-c3ccc4ncn(CCN(C)C)c4c3)nc(N3CCOCC3)n2)cc1. The van der Waals surface area contributed by atoms with E-state index < -0.39 is 0 Å². The van der Waals surface area contributed by atoms with E-state index in [1.807, 2.05) is 30.6 Å². The minimum atomic E-state index is -0.120. The summed E-state index contributed by atoms with van der Waals surface area (Å²) in [6, 6.07) is 15.5. The molecule has 0 radical (unpaired) electrons. The van der Waals surface area contributed by atoms with Crippen molar-refractivity contribution in [3.05, 3.63) is 60.4 Å². The monoisotopic (exact) mass is 500 g/mol. The number of amides is 1. The predicted octanol–water partition coefficient (Wildman–Crippen LogP) is 2.99. The molecule has 1 saturated heterocycles. The van der Waals surface area contributed by atoms with Gasteiger partial charge in [0.1, 0.15) is 5.82 Å². The molecule has 2 aromatic carbocycles. The summed E-state index contributed by atoms with van der Waals surface area (Å²) >= 11 is 0. The van der Waals surface area contributed by atoms with Gasteiger partial charge in [0.2, 0.25) is 5.95 Å². The van der Waals surface area contributed by atoms with E-state index >= 15 is 0 Å². The van der Waals surface area contributed by atoms with Crippen molar-refractivity contribution in [3.63, 3.8) is 0 Å². The fraction of sp³-hybridized carbons (Fsp3) is 0.333. The first kappa shape index (κ1) is 24.7. The van der Waals surface area contributed by atoms with Gasteiger partial charge in [0.15, 0.2) is 0 Å². The van der Waals surface area contributed by atoms with E-state index in [9.17, 15) is 4.79 Å². The molecule has 1 amide bonds. The zero-order valence-electron chi connectivity index (χ0n) is 21.4. The Kier molecular flexibility index (Phi) is 7.29. The van der Waals surface area contributed by atoms with E-state index in [0.29, 0.717) is 30.5 Å². The van der Waals surface area contributed by atoms with Crippen LogP contribution in [0.15, 0.2) is 54.9 Å².